The zero-order chi connectivity index (χ0) is 24.2. The molecule has 0 aliphatic carbocycles. The number of halogens is 1. The summed E-state index contributed by atoms with van der Waals surface area (Å²) in [7, 11) is 0. The number of ketones is 1. The highest BCUT2D eigenvalue weighted by Gasteiger charge is 2.45. The number of fused-ring (bicyclic) bond motifs is 1. The summed E-state index contributed by atoms with van der Waals surface area (Å²) in [4.78, 5) is 30.2. The molecule has 2 heterocycles. The van der Waals surface area contributed by atoms with Crippen LogP contribution < -0.4 is 9.47 Å². The summed E-state index contributed by atoms with van der Waals surface area (Å²) in [5.41, 5.74) is 1.27. The third kappa shape index (κ3) is 4.83. The molecule has 0 spiro atoms. The largest absolute Gasteiger partial charge is 0.507 e. The average Bonchev–Trinajstić information content (AvgIpc) is 3.11. The van der Waals surface area contributed by atoms with Crippen molar-refractivity contribution in [2.45, 2.75) is 26.3 Å². The van der Waals surface area contributed by atoms with Crippen molar-refractivity contribution in [2.75, 3.05) is 39.4 Å². The summed E-state index contributed by atoms with van der Waals surface area (Å²) < 4.78 is 12.1. The first-order valence-electron chi connectivity index (χ1n) is 11.6. The summed E-state index contributed by atoms with van der Waals surface area (Å²) in [6.07, 6.45) is 0.728. The van der Waals surface area contributed by atoms with Gasteiger partial charge in [-0.1, -0.05) is 41.9 Å². The SMILES string of the molecule is CCN(CC)CCCN1C(=O)C(=O)/C(=C(/O)c2ccc3c(c2)OCCO3)C1c1ccc(Br)cc1. The van der Waals surface area contributed by atoms with Crippen molar-refractivity contribution in [1.29, 1.82) is 0 Å². The number of ether oxygens (including phenoxy) is 2. The smallest absolute Gasteiger partial charge is 0.295 e. The number of hydrogen-bond donors (Lipinski definition) is 1. The molecule has 0 bridgehead atoms. The van der Waals surface area contributed by atoms with Crippen LogP contribution in [0.15, 0.2) is 52.5 Å². The fourth-order valence-electron chi connectivity index (χ4n) is 4.45. The van der Waals surface area contributed by atoms with Gasteiger partial charge in [0.25, 0.3) is 11.7 Å². The van der Waals surface area contributed by atoms with E-state index < -0.39 is 17.7 Å². The Morgan fingerprint density at radius 2 is 1.74 bits per heavy atom. The second-order valence-corrected chi connectivity index (χ2v) is 9.20. The molecular weight excluding hydrogens is 500 g/mol. The van der Waals surface area contributed by atoms with Crippen LogP contribution in [0.4, 0.5) is 0 Å². The maximum absolute atomic E-state index is 13.2. The van der Waals surface area contributed by atoms with Crippen LogP contribution in [-0.4, -0.2) is 66.0 Å². The summed E-state index contributed by atoms with van der Waals surface area (Å²) in [6.45, 7) is 8.17. The molecule has 0 aromatic heterocycles. The lowest BCUT2D eigenvalue weighted by atomic mass is 9.95. The maximum Gasteiger partial charge on any atom is 0.295 e. The van der Waals surface area contributed by atoms with Crippen molar-refractivity contribution in [3.63, 3.8) is 0 Å². The number of nitrogens with zero attached hydrogens (tertiary/aromatic N) is 2. The monoisotopic (exact) mass is 528 g/mol. The van der Waals surface area contributed by atoms with E-state index in [0.29, 0.717) is 36.8 Å². The van der Waals surface area contributed by atoms with Crippen LogP contribution in [-0.2, 0) is 9.59 Å². The van der Waals surface area contributed by atoms with Gasteiger partial charge in [-0.2, -0.15) is 0 Å². The predicted molar refractivity (Wildman–Crippen MR) is 133 cm³/mol. The fraction of sp³-hybridized carbons (Fsp3) is 0.385. The van der Waals surface area contributed by atoms with Crippen molar-refractivity contribution in [2.24, 2.45) is 0 Å². The summed E-state index contributed by atoms with van der Waals surface area (Å²) in [5.74, 6) is -0.391. The van der Waals surface area contributed by atoms with Gasteiger partial charge in [0, 0.05) is 16.6 Å². The molecule has 0 saturated carbocycles. The van der Waals surface area contributed by atoms with Crippen LogP contribution in [0.2, 0.25) is 0 Å². The van der Waals surface area contributed by atoms with E-state index in [4.69, 9.17) is 9.47 Å². The predicted octanol–water partition coefficient (Wildman–Crippen LogP) is 4.37. The van der Waals surface area contributed by atoms with E-state index in [0.717, 1.165) is 36.1 Å². The van der Waals surface area contributed by atoms with Crippen molar-refractivity contribution in [1.82, 2.24) is 9.80 Å². The number of aliphatic hydroxyl groups is 1. The van der Waals surface area contributed by atoms with Gasteiger partial charge in [0.1, 0.15) is 19.0 Å². The molecule has 1 unspecified atom stereocenters. The van der Waals surface area contributed by atoms with Crippen molar-refractivity contribution in [3.8, 4) is 11.5 Å². The first-order chi connectivity index (χ1) is 16.4. The van der Waals surface area contributed by atoms with Crippen LogP contribution in [0.1, 0.15) is 37.4 Å². The molecule has 8 heteroatoms. The van der Waals surface area contributed by atoms with Crippen LogP contribution in [0.25, 0.3) is 5.76 Å². The first-order valence-corrected chi connectivity index (χ1v) is 12.4. The zero-order valence-electron chi connectivity index (χ0n) is 19.4. The zero-order valence-corrected chi connectivity index (χ0v) is 21.0. The highest BCUT2D eigenvalue weighted by atomic mass is 79.9. The number of benzene rings is 2. The molecule has 7 nitrogen and oxygen atoms in total. The molecule has 2 aromatic carbocycles. The molecule has 1 fully saturated rings. The Morgan fingerprint density at radius 1 is 1.06 bits per heavy atom. The van der Waals surface area contributed by atoms with Crippen LogP contribution in [0.5, 0.6) is 11.5 Å². The highest BCUT2D eigenvalue weighted by molar-refractivity contribution is 9.10. The quantitative estimate of drug-likeness (QED) is 0.311. The van der Waals surface area contributed by atoms with Crippen LogP contribution >= 0.6 is 15.9 Å². The Bertz CT molecular complexity index is 1090. The fourth-order valence-corrected chi connectivity index (χ4v) is 4.72. The van der Waals surface area contributed by atoms with E-state index >= 15 is 0 Å². The van der Waals surface area contributed by atoms with Gasteiger partial charge in [-0.05, 0) is 62.0 Å². The molecule has 0 radical (unpaired) electrons. The van der Waals surface area contributed by atoms with E-state index in [1.165, 1.54) is 0 Å². The minimum atomic E-state index is -0.678. The summed E-state index contributed by atoms with van der Waals surface area (Å²) in [5, 5.41) is 11.3. The Balaban J connectivity index is 1.72. The lowest BCUT2D eigenvalue weighted by Gasteiger charge is -2.27. The van der Waals surface area contributed by atoms with Gasteiger partial charge in [0.05, 0.1) is 11.6 Å². The van der Waals surface area contributed by atoms with E-state index in [-0.39, 0.29) is 11.3 Å². The second-order valence-electron chi connectivity index (χ2n) is 8.28. The van der Waals surface area contributed by atoms with Crippen molar-refractivity contribution >= 4 is 33.4 Å². The van der Waals surface area contributed by atoms with Gasteiger partial charge in [-0.3, -0.25) is 9.59 Å². The van der Waals surface area contributed by atoms with E-state index in [2.05, 4.69) is 34.7 Å². The van der Waals surface area contributed by atoms with E-state index in [9.17, 15) is 14.7 Å². The van der Waals surface area contributed by atoms with Crippen LogP contribution in [0.3, 0.4) is 0 Å². The van der Waals surface area contributed by atoms with Gasteiger partial charge in [0.2, 0.25) is 0 Å². The molecule has 2 aliphatic heterocycles. The second kappa shape index (κ2) is 10.6. The number of Topliss-reactive ketones (excluding diaryl/α,β-unsaturated/α-hetero) is 1. The third-order valence-electron chi connectivity index (χ3n) is 6.31. The molecule has 2 aromatic rings. The Kier molecular flexibility index (Phi) is 7.58. The number of amides is 1. The molecule has 1 N–H and O–H groups in total. The molecular formula is C26H29BrN2O5. The normalized spacial score (nSPS) is 19.2. The van der Waals surface area contributed by atoms with Crippen molar-refractivity contribution in [3.05, 3.63) is 63.6 Å². The number of likely N-dealkylation sites (tertiary alicyclic amines) is 1. The molecule has 4 rings (SSSR count). The molecule has 1 saturated heterocycles. The van der Waals surface area contributed by atoms with Gasteiger partial charge in [-0.25, -0.2) is 0 Å². The number of carbonyl (C=O) groups excluding carboxylic acids is 2. The number of carbonyl (C=O) groups is 2. The minimum absolute atomic E-state index is 0.0897. The molecule has 1 atom stereocenters. The topological polar surface area (TPSA) is 79.3 Å². The third-order valence-corrected chi connectivity index (χ3v) is 6.84. The highest BCUT2D eigenvalue weighted by Crippen LogP contribution is 2.41. The number of hydrogen-bond acceptors (Lipinski definition) is 6. The number of aliphatic hydroxyl groups excluding tert-OH is 1. The standard InChI is InChI=1S/C26H29BrN2O5/c1-3-28(4-2)12-5-13-29-23(17-6-9-19(27)10-7-17)22(25(31)26(29)32)24(30)18-8-11-20-21(16-18)34-15-14-33-20/h6-11,16,23,30H,3-5,12-15H2,1-2H3/b24-22+. The summed E-state index contributed by atoms with van der Waals surface area (Å²) >= 11 is 3.44. The van der Waals surface area contributed by atoms with Gasteiger partial charge < -0.3 is 24.4 Å². The first kappa shape index (κ1) is 24.3. The molecule has 34 heavy (non-hydrogen) atoms. The molecule has 1 amide bonds. The Labute approximate surface area is 208 Å². The molecule has 180 valence electrons. The minimum Gasteiger partial charge on any atom is -0.507 e. The van der Waals surface area contributed by atoms with Gasteiger partial charge in [-0.15, -0.1) is 0 Å². The van der Waals surface area contributed by atoms with Gasteiger partial charge in [0.15, 0.2) is 11.5 Å². The van der Waals surface area contributed by atoms with Crippen molar-refractivity contribution < 1.29 is 24.2 Å². The Morgan fingerprint density at radius 3 is 2.41 bits per heavy atom. The van der Waals surface area contributed by atoms with Crippen LogP contribution in [0, 0.1) is 0 Å². The van der Waals surface area contributed by atoms with Gasteiger partial charge >= 0.3 is 0 Å². The number of rotatable bonds is 8. The molecule has 2 aliphatic rings. The van der Waals surface area contributed by atoms with E-state index in [1.807, 2.05) is 24.3 Å². The maximum atomic E-state index is 13.2. The Hall–Kier alpha value is -2.84. The lowest BCUT2D eigenvalue weighted by Crippen LogP contribution is -2.33. The summed E-state index contributed by atoms with van der Waals surface area (Å²) in [6, 6.07) is 11.8. The average molecular weight is 529 g/mol. The lowest BCUT2D eigenvalue weighted by molar-refractivity contribution is -0.140. The van der Waals surface area contributed by atoms with E-state index in [1.54, 1.807) is 23.1 Å².